The van der Waals surface area contributed by atoms with Crippen LogP contribution in [0.3, 0.4) is 0 Å². The molecule has 4 rings (SSSR count). The van der Waals surface area contributed by atoms with Gasteiger partial charge in [-0.1, -0.05) is 30.3 Å². The van der Waals surface area contributed by atoms with Crippen molar-refractivity contribution >= 4 is 11.3 Å². The Bertz CT molecular complexity index is 814. The Morgan fingerprint density at radius 3 is 2.57 bits per heavy atom. The highest BCUT2D eigenvalue weighted by Crippen LogP contribution is 2.48. The maximum atomic E-state index is 13.0. The van der Waals surface area contributed by atoms with Gasteiger partial charge in [0.15, 0.2) is 0 Å². The van der Waals surface area contributed by atoms with Crippen LogP contribution in [0.15, 0.2) is 60.3 Å². The number of fused-ring (bicyclic) bond motifs is 3. The number of hydrogen-bond acceptors (Lipinski definition) is 1. The van der Waals surface area contributed by atoms with Crippen LogP contribution in [0.25, 0.3) is 5.57 Å². The zero-order valence-electron chi connectivity index (χ0n) is 12.2. The molecule has 2 aliphatic rings. The smallest absolute Gasteiger partial charge is 0.377 e. The molecule has 1 aliphatic carbocycles. The van der Waals surface area contributed by atoms with Crippen LogP contribution in [0.1, 0.15) is 29.2 Å². The molecule has 1 aliphatic heterocycles. The fraction of sp³-hybridized carbons (Fsp3) is 0.211. The molecule has 2 atom stereocenters. The lowest BCUT2D eigenvalue weighted by Crippen LogP contribution is -2.26. The second-order valence-corrected chi connectivity index (χ2v) is 5.90. The fourth-order valence-corrected chi connectivity index (χ4v) is 3.41. The summed E-state index contributed by atoms with van der Waals surface area (Å²) in [5.41, 5.74) is 5.93. The Labute approximate surface area is 132 Å². The van der Waals surface area contributed by atoms with E-state index in [1.165, 1.54) is 12.1 Å². The van der Waals surface area contributed by atoms with Crippen molar-refractivity contribution in [1.82, 2.24) is 0 Å². The van der Waals surface area contributed by atoms with E-state index < -0.39 is 11.7 Å². The molecule has 4 heteroatoms. The van der Waals surface area contributed by atoms with E-state index in [2.05, 4.69) is 11.0 Å². The first-order valence-electron chi connectivity index (χ1n) is 7.52. The standard InChI is InChI=1S/C19H14F3N/c20-19(21,22)13-9-10-17-16(11-13)14-7-4-8-15(14)18(23-17)12-5-2-1-3-6-12/h1-6,9-11,15,18,23H,8H2/t15-,18?/m1/s1. The van der Waals surface area contributed by atoms with Crippen molar-refractivity contribution < 1.29 is 13.2 Å². The van der Waals surface area contributed by atoms with Gasteiger partial charge in [0.25, 0.3) is 0 Å². The molecule has 116 valence electrons. The van der Waals surface area contributed by atoms with Gasteiger partial charge in [-0.15, -0.1) is 5.73 Å². The van der Waals surface area contributed by atoms with E-state index in [1.807, 2.05) is 36.4 Å². The van der Waals surface area contributed by atoms with Gasteiger partial charge >= 0.3 is 6.18 Å². The molecule has 2 aromatic carbocycles. The largest absolute Gasteiger partial charge is 0.416 e. The van der Waals surface area contributed by atoms with Crippen molar-refractivity contribution in [2.45, 2.75) is 18.6 Å². The lowest BCUT2D eigenvalue weighted by molar-refractivity contribution is -0.137. The molecule has 0 saturated heterocycles. The number of hydrogen-bond donors (Lipinski definition) is 1. The van der Waals surface area contributed by atoms with Crippen LogP contribution in [0.2, 0.25) is 0 Å². The highest BCUT2D eigenvalue weighted by atomic mass is 19.4. The van der Waals surface area contributed by atoms with Crippen molar-refractivity contribution in [1.29, 1.82) is 0 Å². The van der Waals surface area contributed by atoms with Gasteiger partial charge in [-0.05, 0) is 36.3 Å². The average Bonchev–Trinajstić information content (AvgIpc) is 3.03. The molecular formula is C19H14F3N. The monoisotopic (exact) mass is 313 g/mol. The Morgan fingerprint density at radius 1 is 1.04 bits per heavy atom. The summed E-state index contributed by atoms with van der Waals surface area (Å²) in [6.45, 7) is 0. The molecule has 1 heterocycles. The number of rotatable bonds is 1. The lowest BCUT2D eigenvalue weighted by Gasteiger charge is -2.34. The second-order valence-electron chi connectivity index (χ2n) is 5.90. The van der Waals surface area contributed by atoms with Gasteiger partial charge in [-0.25, -0.2) is 0 Å². The molecule has 23 heavy (non-hydrogen) atoms. The van der Waals surface area contributed by atoms with Crippen molar-refractivity contribution in [2.24, 2.45) is 5.92 Å². The predicted octanol–water partition coefficient (Wildman–Crippen LogP) is 5.43. The van der Waals surface area contributed by atoms with E-state index in [0.717, 1.165) is 29.3 Å². The van der Waals surface area contributed by atoms with Gasteiger partial charge in [0, 0.05) is 22.7 Å². The van der Waals surface area contributed by atoms with Crippen LogP contribution in [-0.2, 0) is 6.18 Å². The van der Waals surface area contributed by atoms with E-state index >= 15 is 0 Å². The summed E-state index contributed by atoms with van der Waals surface area (Å²) in [4.78, 5) is 0. The first kappa shape index (κ1) is 14.2. The van der Waals surface area contributed by atoms with E-state index in [1.54, 1.807) is 0 Å². The van der Waals surface area contributed by atoms with Gasteiger partial charge < -0.3 is 5.32 Å². The topological polar surface area (TPSA) is 12.0 Å². The van der Waals surface area contributed by atoms with Crippen LogP contribution in [0.5, 0.6) is 0 Å². The molecule has 1 N–H and O–H groups in total. The van der Waals surface area contributed by atoms with Gasteiger partial charge in [-0.2, -0.15) is 13.2 Å². The highest BCUT2D eigenvalue weighted by Gasteiger charge is 2.37. The zero-order valence-corrected chi connectivity index (χ0v) is 12.2. The SMILES string of the molecule is FC(F)(F)c1ccc2c(c1)C1=C=CC[C@H]1C(c1ccccc1)N2. The molecule has 0 amide bonds. The molecule has 1 nitrogen and oxygen atoms in total. The van der Waals surface area contributed by atoms with Crippen molar-refractivity contribution in [3.05, 3.63) is 77.0 Å². The van der Waals surface area contributed by atoms with Gasteiger partial charge in [0.1, 0.15) is 0 Å². The normalized spacial score (nSPS) is 22.1. The van der Waals surface area contributed by atoms with Gasteiger partial charge in [0.05, 0.1) is 11.6 Å². The third-order valence-corrected chi connectivity index (χ3v) is 4.51. The van der Waals surface area contributed by atoms with E-state index in [0.29, 0.717) is 5.56 Å². The maximum Gasteiger partial charge on any atom is 0.416 e. The highest BCUT2D eigenvalue weighted by molar-refractivity contribution is 5.83. The summed E-state index contributed by atoms with van der Waals surface area (Å²) in [6.07, 6.45) is -1.62. The minimum atomic E-state index is -4.33. The summed E-state index contributed by atoms with van der Waals surface area (Å²) in [6, 6.07) is 13.9. The summed E-state index contributed by atoms with van der Waals surface area (Å²) < 4.78 is 39.0. The van der Waals surface area contributed by atoms with E-state index in [4.69, 9.17) is 0 Å². The maximum absolute atomic E-state index is 13.0. The Morgan fingerprint density at radius 2 is 1.83 bits per heavy atom. The van der Waals surface area contributed by atoms with Crippen LogP contribution < -0.4 is 5.32 Å². The zero-order chi connectivity index (χ0) is 16.0. The third-order valence-electron chi connectivity index (χ3n) is 4.51. The van der Waals surface area contributed by atoms with Crippen LogP contribution in [-0.4, -0.2) is 0 Å². The molecule has 0 bridgehead atoms. The summed E-state index contributed by atoms with van der Waals surface area (Å²) in [5.74, 6) is 0.119. The van der Waals surface area contributed by atoms with Crippen LogP contribution in [0.4, 0.5) is 18.9 Å². The van der Waals surface area contributed by atoms with Crippen LogP contribution in [0, 0.1) is 5.92 Å². The summed E-state index contributed by atoms with van der Waals surface area (Å²) >= 11 is 0. The van der Waals surface area contributed by atoms with Crippen molar-refractivity contribution in [3.8, 4) is 0 Å². The number of nitrogens with one attached hydrogen (secondary N) is 1. The minimum absolute atomic E-state index is 0.0571. The molecule has 0 fully saturated rings. The van der Waals surface area contributed by atoms with Crippen LogP contribution >= 0.6 is 0 Å². The quantitative estimate of drug-likeness (QED) is 0.692. The van der Waals surface area contributed by atoms with E-state index in [-0.39, 0.29) is 12.0 Å². The molecule has 0 spiro atoms. The molecule has 0 radical (unpaired) electrons. The Kier molecular flexibility index (Phi) is 3.10. The first-order chi connectivity index (χ1) is 11.0. The number of halogens is 3. The Hall–Kier alpha value is -2.45. The second kappa shape index (κ2) is 5.04. The lowest BCUT2D eigenvalue weighted by atomic mass is 9.80. The Balaban J connectivity index is 1.81. The van der Waals surface area contributed by atoms with Crippen molar-refractivity contribution in [3.63, 3.8) is 0 Å². The number of benzene rings is 2. The predicted molar refractivity (Wildman–Crippen MR) is 83.8 cm³/mol. The molecule has 2 aromatic rings. The number of anilines is 1. The van der Waals surface area contributed by atoms with Gasteiger partial charge in [0.2, 0.25) is 0 Å². The molecule has 0 saturated carbocycles. The molecular weight excluding hydrogens is 299 g/mol. The van der Waals surface area contributed by atoms with E-state index in [9.17, 15) is 13.2 Å². The van der Waals surface area contributed by atoms with Crippen molar-refractivity contribution in [2.75, 3.05) is 5.32 Å². The third kappa shape index (κ3) is 2.36. The number of alkyl halides is 3. The summed E-state index contributed by atoms with van der Waals surface area (Å²) in [7, 11) is 0. The average molecular weight is 313 g/mol. The molecule has 0 aromatic heterocycles. The molecule has 1 unspecified atom stereocenters. The summed E-state index contributed by atoms with van der Waals surface area (Å²) in [5, 5.41) is 3.42. The van der Waals surface area contributed by atoms with Gasteiger partial charge in [-0.3, -0.25) is 0 Å². The minimum Gasteiger partial charge on any atom is -0.377 e. The fourth-order valence-electron chi connectivity index (χ4n) is 3.41. The first-order valence-corrected chi connectivity index (χ1v) is 7.52.